The smallest absolute Gasteiger partial charge is 0.253 e. The minimum atomic E-state index is -0.170. The summed E-state index contributed by atoms with van der Waals surface area (Å²) in [5.41, 5.74) is 1.70. The molecular weight excluding hydrogens is 440 g/mol. The molecule has 2 fully saturated rings. The quantitative estimate of drug-likeness (QED) is 0.654. The lowest BCUT2D eigenvalue weighted by atomic mass is 9.94. The van der Waals surface area contributed by atoms with Crippen molar-refractivity contribution < 1.29 is 19.1 Å². The van der Waals surface area contributed by atoms with Crippen LogP contribution in [0.2, 0.25) is 5.02 Å². The van der Waals surface area contributed by atoms with Crippen LogP contribution in [0.15, 0.2) is 42.5 Å². The third kappa shape index (κ3) is 4.67. The molecule has 0 radical (unpaired) electrons. The van der Waals surface area contributed by atoms with Crippen molar-refractivity contribution in [3.8, 4) is 11.5 Å². The summed E-state index contributed by atoms with van der Waals surface area (Å²) in [6.45, 7) is 3.19. The van der Waals surface area contributed by atoms with Gasteiger partial charge in [0.15, 0.2) is 11.5 Å². The van der Waals surface area contributed by atoms with Gasteiger partial charge in [-0.05, 0) is 67.6 Å². The third-order valence-electron chi connectivity index (χ3n) is 6.84. The maximum atomic E-state index is 13.6. The fourth-order valence-electron chi connectivity index (χ4n) is 5.14. The van der Waals surface area contributed by atoms with E-state index in [0.29, 0.717) is 36.9 Å². The zero-order valence-electron chi connectivity index (χ0n) is 18.7. The minimum absolute atomic E-state index is 0.0370. The fourth-order valence-corrected chi connectivity index (χ4v) is 5.26. The molecular formula is C26H29ClN2O4. The number of carbonyl (C=O) groups is 2. The molecule has 2 aromatic carbocycles. The van der Waals surface area contributed by atoms with Gasteiger partial charge in [-0.25, -0.2) is 0 Å². The van der Waals surface area contributed by atoms with Gasteiger partial charge < -0.3 is 19.3 Å². The highest BCUT2D eigenvalue weighted by Crippen LogP contribution is 2.39. The maximum Gasteiger partial charge on any atom is 0.253 e. The van der Waals surface area contributed by atoms with Crippen molar-refractivity contribution in [2.75, 3.05) is 32.8 Å². The third-order valence-corrected chi connectivity index (χ3v) is 7.09. The first-order chi connectivity index (χ1) is 16.1. The van der Waals surface area contributed by atoms with E-state index in [0.717, 1.165) is 55.7 Å². The number of benzene rings is 2. The van der Waals surface area contributed by atoms with Gasteiger partial charge in [-0.2, -0.15) is 0 Å². The predicted octanol–water partition coefficient (Wildman–Crippen LogP) is 4.72. The van der Waals surface area contributed by atoms with E-state index in [1.165, 1.54) is 0 Å². The number of halogens is 1. The molecule has 0 unspecified atom stereocenters. The molecule has 5 rings (SSSR count). The minimum Gasteiger partial charge on any atom is -0.490 e. The zero-order valence-corrected chi connectivity index (χ0v) is 19.4. The van der Waals surface area contributed by atoms with Crippen LogP contribution in [0, 0.1) is 5.92 Å². The molecule has 0 saturated carbocycles. The number of ether oxygens (including phenoxy) is 2. The summed E-state index contributed by atoms with van der Waals surface area (Å²) in [6, 6.07) is 13.0. The Morgan fingerprint density at radius 2 is 1.64 bits per heavy atom. The molecule has 2 amide bonds. The Hall–Kier alpha value is -2.73. The van der Waals surface area contributed by atoms with Crippen LogP contribution in [0.3, 0.4) is 0 Å². The number of carbonyl (C=O) groups excluding carboxylic acids is 2. The van der Waals surface area contributed by atoms with Crippen molar-refractivity contribution in [2.24, 2.45) is 5.92 Å². The number of likely N-dealkylation sites (tertiary alicyclic amines) is 2. The van der Waals surface area contributed by atoms with Crippen molar-refractivity contribution >= 4 is 23.4 Å². The van der Waals surface area contributed by atoms with Crippen LogP contribution in [0.5, 0.6) is 11.5 Å². The SMILES string of the molecule is O=C(c1ccc(Cl)cc1)N1CCC[C@@H](C(=O)N2CCC[C@H]2c2ccc3c(c2)OCCCO3)C1. The predicted molar refractivity (Wildman–Crippen MR) is 126 cm³/mol. The Morgan fingerprint density at radius 3 is 2.45 bits per heavy atom. The largest absolute Gasteiger partial charge is 0.490 e. The van der Waals surface area contributed by atoms with Gasteiger partial charge in [-0.15, -0.1) is 0 Å². The van der Waals surface area contributed by atoms with E-state index >= 15 is 0 Å². The molecule has 0 aliphatic carbocycles. The molecule has 0 N–H and O–H groups in total. The lowest BCUT2D eigenvalue weighted by Gasteiger charge is -2.36. The summed E-state index contributed by atoms with van der Waals surface area (Å²) < 4.78 is 11.6. The average Bonchev–Trinajstić information content (AvgIpc) is 3.22. The van der Waals surface area contributed by atoms with Crippen molar-refractivity contribution in [1.29, 1.82) is 0 Å². The van der Waals surface area contributed by atoms with Crippen LogP contribution in [0.25, 0.3) is 0 Å². The van der Waals surface area contributed by atoms with Crippen molar-refractivity contribution in [3.63, 3.8) is 0 Å². The standard InChI is InChI=1S/C26H29ClN2O4/c27-21-9-6-18(7-10-21)25(30)28-12-1-4-20(17-28)26(31)29-13-2-5-22(29)19-8-11-23-24(16-19)33-15-3-14-32-23/h6-11,16,20,22H,1-5,12-15,17H2/t20-,22+/m1/s1. The summed E-state index contributed by atoms with van der Waals surface area (Å²) in [7, 11) is 0. The molecule has 33 heavy (non-hydrogen) atoms. The van der Waals surface area contributed by atoms with E-state index in [-0.39, 0.29) is 23.8 Å². The van der Waals surface area contributed by atoms with Crippen molar-refractivity contribution in [3.05, 3.63) is 58.6 Å². The highest BCUT2D eigenvalue weighted by molar-refractivity contribution is 6.30. The number of hydrogen-bond acceptors (Lipinski definition) is 4. The van der Waals surface area contributed by atoms with Gasteiger partial charge in [-0.3, -0.25) is 9.59 Å². The molecule has 2 aromatic rings. The van der Waals surface area contributed by atoms with Crippen LogP contribution in [-0.2, 0) is 4.79 Å². The van der Waals surface area contributed by atoms with Gasteiger partial charge >= 0.3 is 0 Å². The van der Waals surface area contributed by atoms with Gasteiger partial charge in [-0.1, -0.05) is 17.7 Å². The maximum absolute atomic E-state index is 13.6. The van der Waals surface area contributed by atoms with Gasteiger partial charge in [0.2, 0.25) is 5.91 Å². The second-order valence-corrected chi connectivity index (χ2v) is 9.48. The van der Waals surface area contributed by atoms with E-state index in [2.05, 4.69) is 6.07 Å². The number of hydrogen-bond donors (Lipinski definition) is 0. The van der Waals surface area contributed by atoms with Crippen molar-refractivity contribution in [1.82, 2.24) is 9.80 Å². The van der Waals surface area contributed by atoms with Crippen LogP contribution in [0.4, 0.5) is 0 Å². The number of nitrogens with zero attached hydrogens (tertiary/aromatic N) is 2. The van der Waals surface area contributed by atoms with E-state index in [4.69, 9.17) is 21.1 Å². The number of rotatable bonds is 3. The second kappa shape index (κ2) is 9.64. The topological polar surface area (TPSA) is 59.1 Å². The Labute approximate surface area is 199 Å². The second-order valence-electron chi connectivity index (χ2n) is 9.04. The summed E-state index contributed by atoms with van der Waals surface area (Å²) >= 11 is 5.96. The van der Waals surface area contributed by atoms with Crippen LogP contribution in [0.1, 0.15) is 54.1 Å². The van der Waals surface area contributed by atoms with E-state index < -0.39 is 0 Å². The molecule has 3 aliphatic rings. The highest BCUT2D eigenvalue weighted by atomic mass is 35.5. The van der Waals surface area contributed by atoms with E-state index in [1.807, 2.05) is 21.9 Å². The molecule has 0 aromatic heterocycles. The summed E-state index contributed by atoms with van der Waals surface area (Å²) in [6.07, 6.45) is 4.42. The number of piperidine rings is 1. The lowest BCUT2D eigenvalue weighted by molar-refractivity contribution is -0.138. The number of amides is 2. The molecule has 6 nitrogen and oxygen atoms in total. The molecule has 2 atom stereocenters. The Morgan fingerprint density at radius 1 is 0.879 bits per heavy atom. The summed E-state index contributed by atoms with van der Waals surface area (Å²) in [5.74, 6) is 1.48. The molecule has 3 aliphatic heterocycles. The van der Waals surface area contributed by atoms with Gasteiger partial charge in [0, 0.05) is 36.6 Å². The Kier molecular flexibility index (Phi) is 6.45. The van der Waals surface area contributed by atoms with Gasteiger partial charge in [0.25, 0.3) is 5.91 Å². The summed E-state index contributed by atoms with van der Waals surface area (Å²) in [5, 5.41) is 0.605. The highest BCUT2D eigenvalue weighted by Gasteiger charge is 2.37. The normalized spacial score (nSPS) is 22.7. The summed E-state index contributed by atoms with van der Waals surface area (Å²) in [4.78, 5) is 30.4. The van der Waals surface area contributed by atoms with E-state index in [1.54, 1.807) is 24.3 Å². The van der Waals surface area contributed by atoms with Gasteiger partial charge in [0.1, 0.15) is 0 Å². The first kappa shape index (κ1) is 22.1. The van der Waals surface area contributed by atoms with Gasteiger partial charge in [0.05, 0.1) is 25.2 Å². The molecule has 3 heterocycles. The molecule has 7 heteroatoms. The Bertz CT molecular complexity index is 1030. The molecule has 2 saturated heterocycles. The van der Waals surface area contributed by atoms with Crippen LogP contribution < -0.4 is 9.47 Å². The van der Waals surface area contributed by atoms with Crippen LogP contribution in [-0.4, -0.2) is 54.5 Å². The number of fused-ring (bicyclic) bond motifs is 1. The molecule has 174 valence electrons. The first-order valence-electron chi connectivity index (χ1n) is 11.8. The molecule has 0 bridgehead atoms. The Balaban J connectivity index is 1.29. The van der Waals surface area contributed by atoms with Crippen LogP contribution >= 0.6 is 11.6 Å². The fraction of sp³-hybridized carbons (Fsp3) is 0.462. The monoisotopic (exact) mass is 468 g/mol. The van der Waals surface area contributed by atoms with Crippen molar-refractivity contribution in [2.45, 2.75) is 38.1 Å². The lowest BCUT2D eigenvalue weighted by Crippen LogP contribution is -2.46. The first-order valence-corrected chi connectivity index (χ1v) is 12.2. The average molecular weight is 469 g/mol. The van der Waals surface area contributed by atoms with E-state index in [9.17, 15) is 9.59 Å². The zero-order chi connectivity index (χ0) is 22.8. The molecule has 0 spiro atoms.